The van der Waals surface area contributed by atoms with E-state index >= 15 is 0 Å². The fraction of sp³-hybridized carbons (Fsp3) is 0.188. The van der Waals surface area contributed by atoms with Gasteiger partial charge in [-0.1, -0.05) is 24.3 Å². The Morgan fingerprint density at radius 2 is 1.89 bits per heavy atom. The smallest absolute Gasteiger partial charge is 0.251 e. The van der Waals surface area contributed by atoms with Crippen molar-refractivity contribution in [3.63, 3.8) is 0 Å². The Morgan fingerprint density at radius 3 is 2.58 bits per heavy atom. The lowest BCUT2D eigenvalue weighted by Gasteiger charge is -2.07. The highest BCUT2D eigenvalue weighted by atomic mass is 19.1. The van der Waals surface area contributed by atoms with Crippen LogP contribution < -0.4 is 5.32 Å². The van der Waals surface area contributed by atoms with Gasteiger partial charge >= 0.3 is 0 Å². The SMILES string of the molecule is Cc1cc(F)ccc1CCNC(=O)c1ccccc1. The summed E-state index contributed by atoms with van der Waals surface area (Å²) >= 11 is 0. The van der Waals surface area contributed by atoms with Gasteiger partial charge in [0.15, 0.2) is 0 Å². The Morgan fingerprint density at radius 1 is 1.16 bits per heavy atom. The predicted octanol–water partition coefficient (Wildman–Crippen LogP) is 3.11. The molecule has 19 heavy (non-hydrogen) atoms. The highest BCUT2D eigenvalue weighted by Crippen LogP contribution is 2.10. The molecule has 0 saturated carbocycles. The molecular formula is C16H16FNO. The van der Waals surface area contributed by atoms with Crippen molar-refractivity contribution < 1.29 is 9.18 Å². The average molecular weight is 257 g/mol. The maximum atomic E-state index is 12.9. The van der Waals surface area contributed by atoms with E-state index in [2.05, 4.69) is 5.32 Å². The molecule has 2 aromatic carbocycles. The van der Waals surface area contributed by atoms with Gasteiger partial charge in [0.25, 0.3) is 5.91 Å². The highest BCUT2D eigenvalue weighted by molar-refractivity contribution is 5.94. The summed E-state index contributed by atoms with van der Waals surface area (Å²) in [5.74, 6) is -0.310. The van der Waals surface area contributed by atoms with Gasteiger partial charge in [-0.15, -0.1) is 0 Å². The van der Waals surface area contributed by atoms with Crippen LogP contribution in [0.2, 0.25) is 0 Å². The van der Waals surface area contributed by atoms with Gasteiger partial charge in [-0.05, 0) is 48.7 Å². The summed E-state index contributed by atoms with van der Waals surface area (Å²) in [6.07, 6.45) is 0.699. The quantitative estimate of drug-likeness (QED) is 0.896. The summed E-state index contributed by atoms with van der Waals surface area (Å²) in [7, 11) is 0. The highest BCUT2D eigenvalue weighted by Gasteiger charge is 2.04. The van der Waals surface area contributed by atoms with Gasteiger partial charge in [-0.3, -0.25) is 4.79 Å². The van der Waals surface area contributed by atoms with Gasteiger partial charge in [-0.25, -0.2) is 4.39 Å². The van der Waals surface area contributed by atoms with Crippen molar-refractivity contribution in [2.24, 2.45) is 0 Å². The Kier molecular flexibility index (Phi) is 4.29. The Balaban J connectivity index is 1.88. The second kappa shape index (κ2) is 6.14. The van der Waals surface area contributed by atoms with Crippen molar-refractivity contribution in [2.45, 2.75) is 13.3 Å². The third-order valence-electron chi connectivity index (χ3n) is 3.02. The maximum absolute atomic E-state index is 12.9. The average Bonchev–Trinajstić information content (AvgIpc) is 2.42. The Bertz CT molecular complexity index is 566. The minimum Gasteiger partial charge on any atom is -0.352 e. The zero-order valence-corrected chi connectivity index (χ0v) is 10.8. The molecule has 1 N–H and O–H groups in total. The molecule has 0 unspecified atom stereocenters. The largest absolute Gasteiger partial charge is 0.352 e. The van der Waals surface area contributed by atoms with Crippen molar-refractivity contribution >= 4 is 5.91 Å². The fourth-order valence-corrected chi connectivity index (χ4v) is 1.94. The molecule has 2 nitrogen and oxygen atoms in total. The molecule has 0 aromatic heterocycles. The summed E-state index contributed by atoms with van der Waals surface area (Å²) in [5, 5.41) is 2.86. The first-order valence-electron chi connectivity index (χ1n) is 6.25. The molecule has 2 aromatic rings. The van der Waals surface area contributed by atoms with E-state index in [4.69, 9.17) is 0 Å². The predicted molar refractivity (Wildman–Crippen MR) is 73.6 cm³/mol. The number of nitrogens with one attached hydrogen (secondary N) is 1. The van der Waals surface area contributed by atoms with Crippen molar-refractivity contribution in [3.05, 3.63) is 71.0 Å². The van der Waals surface area contributed by atoms with Crippen LogP contribution >= 0.6 is 0 Å². The van der Waals surface area contributed by atoms with E-state index in [1.807, 2.05) is 25.1 Å². The lowest BCUT2D eigenvalue weighted by atomic mass is 10.1. The van der Waals surface area contributed by atoms with Crippen LogP contribution in [0.25, 0.3) is 0 Å². The van der Waals surface area contributed by atoms with Crippen LogP contribution in [0, 0.1) is 12.7 Å². The standard InChI is InChI=1S/C16H16FNO/c1-12-11-15(17)8-7-13(12)9-10-18-16(19)14-5-3-2-4-6-14/h2-8,11H,9-10H2,1H3,(H,18,19). The van der Waals surface area contributed by atoms with Gasteiger partial charge < -0.3 is 5.32 Å². The lowest BCUT2D eigenvalue weighted by molar-refractivity contribution is 0.0954. The first-order valence-corrected chi connectivity index (χ1v) is 6.25. The summed E-state index contributed by atoms with van der Waals surface area (Å²) in [5.41, 5.74) is 2.61. The Labute approximate surface area is 112 Å². The molecule has 0 aliphatic heterocycles. The summed E-state index contributed by atoms with van der Waals surface area (Å²) < 4.78 is 12.9. The molecule has 0 spiro atoms. The van der Waals surface area contributed by atoms with Crippen molar-refractivity contribution in [1.82, 2.24) is 5.32 Å². The maximum Gasteiger partial charge on any atom is 0.251 e. The van der Waals surface area contributed by atoms with Gasteiger partial charge in [-0.2, -0.15) is 0 Å². The number of aryl methyl sites for hydroxylation is 1. The normalized spacial score (nSPS) is 10.2. The number of amides is 1. The molecule has 1 amide bonds. The minimum atomic E-state index is -0.227. The molecule has 98 valence electrons. The molecule has 0 atom stereocenters. The van der Waals surface area contributed by atoms with Crippen molar-refractivity contribution in [3.8, 4) is 0 Å². The van der Waals surface area contributed by atoms with Gasteiger partial charge in [0, 0.05) is 12.1 Å². The number of rotatable bonds is 4. The zero-order chi connectivity index (χ0) is 13.7. The van der Waals surface area contributed by atoms with E-state index in [1.165, 1.54) is 12.1 Å². The number of benzene rings is 2. The molecule has 3 heteroatoms. The molecule has 2 rings (SSSR count). The number of carbonyl (C=O) groups is 1. The number of hydrogen-bond acceptors (Lipinski definition) is 1. The van der Waals surface area contributed by atoms with E-state index < -0.39 is 0 Å². The molecule has 0 fully saturated rings. The summed E-state index contributed by atoms with van der Waals surface area (Å²) in [4.78, 5) is 11.8. The van der Waals surface area contributed by atoms with Crippen molar-refractivity contribution in [2.75, 3.05) is 6.54 Å². The van der Waals surface area contributed by atoms with E-state index in [9.17, 15) is 9.18 Å². The minimum absolute atomic E-state index is 0.0830. The van der Waals surface area contributed by atoms with E-state index in [-0.39, 0.29) is 11.7 Å². The zero-order valence-electron chi connectivity index (χ0n) is 10.8. The molecule has 0 saturated heterocycles. The first kappa shape index (κ1) is 13.3. The second-order valence-electron chi connectivity index (χ2n) is 4.44. The van der Waals surface area contributed by atoms with Crippen LogP contribution in [-0.4, -0.2) is 12.5 Å². The molecule has 0 aliphatic rings. The lowest BCUT2D eigenvalue weighted by Crippen LogP contribution is -2.25. The van der Waals surface area contributed by atoms with E-state index in [1.54, 1.807) is 18.2 Å². The molecule has 0 heterocycles. The summed E-state index contributed by atoms with van der Waals surface area (Å²) in [6.45, 7) is 2.41. The van der Waals surface area contributed by atoms with Gasteiger partial charge in [0.05, 0.1) is 0 Å². The molecule has 0 radical (unpaired) electrons. The third-order valence-corrected chi connectivity index (χ3v) is 3.02. The number of carbonyl (C=O) groups excluding carboxylic acids is 1. The van der Waals surface area contributed by atoms with E-state index in [0.717, 1.165) is 11.1 Å². The third kappa shape index (κ3) is 3.65. The second-order valence-corrected chi connectivity index (χ2v) is 4.44. The molecular weight excluding hydrogens is 241 g/mol. The summed E-state index contributed by atoms with van der Waals surface area (Å²) in [6, 6.07) is 13.8. The van der Waals surface area contributed by atoms with E-state index in [0.29, 0.717) is 18.5 Å². The van der Waals surface area contributed by atoms with Crippen LogP contribution in [0.5, 0.6) is 0 Å². The van der Waals surface area contributed by atoms with Gasteiger partial charge in [0.1, 0.15) is 5.82 Å². The molecule has 0 aliphatic carbocycles. The van der Waals surface area contributed by atoms with Gasteiger partial charge in [0.2, 0.25) is 0 Å². The fourth-order valence-electron chi connectivity index (χ4n) is 1.94. The van der Waals surface area contributed by atoms with Crippen LogP contribution in [0.15, 0.2) is 48.5 Å². The van der Waals surface area contributed by atoms with Crippen LogP contribution in [0.3, 0.4) is 0 Å². The van der Waals surface area contributed by atoms with Crippen molar-refractivity contribution in [1.29, 1.82) is 0 Å². The number of hydrogen-bond donors (Lipinski definition) is 1. The molecule has 0 bridgehead atoms. The topological polar surface area (TPSA) is 29.1 Å². The van der Waals surface area contributed by atoms with Crippen LogP contribution in [0.1, 0.15) is 21.5 Å². The monoisotopic (exact) mass is 257 g/mol. The van der Waals surface area contributed by atoms with Crippen LogP contribution in [-0.2, 0) is 6.42 Å². The van der Waals surface area contributed by atoms with Crippen LogP contribution in [0.4, 0.5) is 4.39 Å². The Hall–Kier alpha value is -2.16. The number of halogens is 1. The first-order chi connectivity index (χ1) is 9.16.